The van der Waals surface area contributed by atoms with E-state index >= 15 is 0 Å². The summed E-state index contributed by atoms with van der Waals surface area (Å²) in [7, 11) is 3.21. The summed E-state index contributed by atoms with van der Waals surface area (Å²) in [6, 6.07) is 15.9. The highest BCUT2D eigenvalue weighted by Gasteiger charge is 2.20. The first-order valence-corrected chi connectivity index (χ1v) is 10.5. The quantitative estimate of drug-likeness (QED) is 0.400. The van der Waals surface area contributed by atoms with Crippen LogP contribution in [0, 0.1) is 0 Å². The number of primary amides is 1. The molecule has 0 saturated heterocycles. The predicted molar refractivity (Wildman–Crippen MR) is 124 cm³/mol. The number of carbonyl (C=O) groups excluding carboxylic acids is 2. The minimum Gasteiger partial charge on any atom is -0.497 e. The van der Waals surface area contributed by atoms with Crippen LogP contribution in [0.2, 0.25) is 0 Å². The van der Waals surface area contributed by atoms with E-state index in [0.717, 1.165) is 27.8 Å². The number of hydrogen-bond acceptors (Lipinski definition) is 5. The zero-order chi connectivity index (χ0) is 22.9. The molecule has 8 heteroatoms. The fraction of sp³-hybridized carbons (Fsp3) is 0.333. The molecule has 32 heavy (non-hydrogen) atoms. The number of benzene rings is 2. The van der Waals surface area contributed by atoms with Crippen molar-refractivity contribution in [3.8, 4) is 5.75 Å². The summed E-state index contributed by atoms with van der Waals surface area (Å²) in [4.78, 5) is 29.0. The molecule has 0 aliphatic heterocycles. The van der Waals surface area contributed by atoms with E-state index in [2.05, 4.69) is 16.4 Å². The van der Waals surface area contributed by atoms with E-state index in [9.17, 15) is 9.59 Å². The maximum Gasteiger partial charge on any atom is 0.234 e. The molecule has 1 unspecified atom stereocenters. The lowest BCUT2D eigenvalue weighted by Gasteiger charge is -2.22. The zero-order valence-electron chi connectivity index (χ0n) is 18.5. The molecule has 1 atom stereocenters. The van der Waals surface area contributed by atoms with Crippen LogP contribution in [0.3, 0.4) is 0 Å². The molecule has 3 rings (SSSR count). The van der Waals surface area contributed by atoms with E-state index in [0.29, 0.717) is 19.7 Å². The molecule has 1 heterocycles. The van der Waals surface area contributed by atoms with Crippen molar-refractivity contribution >= 4 is 22.7 Å². The van der Waals surface area contributed by atoms with Crippen LogP contribution in [0.4, 0.5) is 0 Å². The van der Waals surface area contributed by atoms with Crippen molar-refractivity contribution in [1.82, 2.24) is 15.2 Å². The fourth-order valence-electron chi connectivity index (χ4n) is 3.76. The Morgan fingerprint density at radius 3 is 2.53 bits per heavy atom. The minimum absolute atomic E-state index is 0.00113. The van der Waals surface area contributed by atoms with Gasteiger partial charge in [-0.1, -0.05) is 30.3 Å². The molecule has 0 bridgehead atoms. The van der Waals surface area contributed by atoms with Crippen molar-refractivity contribution in [3.05, 3.63) is 65.9 Å². The number of fused-ring (bicyclic) bond motifs is 1. The Morgan fingerprint density at radius 1 is 1.09 bits per heavy atom. The van der Waals surface area contributed by atoms with Crippen LogP contribution in [-0.4, -0.2) is 68.7 Å². The zero-order valence-corrected chi connectivity index (χ0v) is 18.5. The van der Waals surface area contributed by atoms with Gasteiger partial charge in [0.05, 0.1) is 26.8 Å². The van der Waals surface area contributed by atoms with Gasteiger partial charge < -0.3 is 25.5 Å². The first kappa shape index (κ1) is 23.3. The first-order valence-electron chi connectivity index (χ1n) is 10.5. The van der Waals surface area contributed by atoms with E-state index in [-0.39, 0.29) is 24.9 Å². The number of rotatable bonds is 12. The molecule has 3 aromatic rings. The van der Waals surface area contributed by atoms with Crippen LogP contribution in [0.15, 0.2) is 54.7 Å². The molecular weight excluding hydrogens is 408 g/mol. The summed E-state index contributed by atoms with van der Waals surface area (Å²) < 4.78 is 10.3. The van der Waals surface area contributed by atoms with Crippen molar-refractivity contribution < 1.29 is 19.1 Å². The van der Waals surface area contributed by atoms with E-state index in [4.69, 9.17) is 15.2 Å². The summed E-state index contributed by atoms with van der Waals surface area (Å²) in [5.41, 5.74) is 8.51. The van der Waals surface area contributed by atoms with Gasteiger partial charge in [0.2, 0.25) is 11.8 Å². The molecule has 8 nitrogen and oxygen atoms in total. The Bertz CT molecular complexity index is 1030. The highest BCUT2D eigenvalue weighted by molar-refractivity contribution is 5.84. The predicted octanol–water partition coefficient (Wildman–Crippen LogP) is 1.86. The molecule has 1 aromatic heterocycles. The van der Waals surface area contributed by atoms with E-state index in [1.54, 1.807) is 19.1 Å². The summed E-state index contributed by atoms with van der Waals surface area (Å²) in [6.45, 7) is 1.32. The van der Waals surface area contributed by atoms with Gasteiger partial charge in [0, 0.05) is 43.2 Å². The maximum absolute atomic E-state index is 12.7. The Hall–Kier alpha value is -3.36. The van der Waals surface area contributed by atoms with Crippen molar-refractivity contribution in [1.29, 1.82) is 0 Å². The SMILES string of the molecule is COCCN(CC(N)=O)CC(=O)NCC(c1ccc(OC)cc1)c1c[nH]c2ccccc12. The van der Waals surface area contributed by atoms with Crippen LogP contribution < -0.4 is 15.8 Å². The third-order valence-corrected chi connectivity index (χ3v) is 5.38. The lowest BCUT2D eigenvalue weighted by Crippen LogP contribution is -2.43. The number of aromatic amines is 1. The smallest absolute Gasteiger partial charge is 0.234 e. The second-order valence-corrected chi connectivity index (χ2v) is 7.59. The lowest BCUT2D eigenvalue weighted by molar-refractivity contribution is -0.124. The Kier molecular flexibility index (Phi) is 8.24. The molecule has 2 aromatic carbocycles. The summed E-state index contributed by atoms with van der Waals surface area (Å²) >= 11 is 0. The Labute approximate surface area is 187 Å². The summed E-state index contributed by atoms with van der Waals surface area (Å²) in [5.74, 6) is 0.0461. The van der Waals surface area contributed by atoms with Crippen LogP contribution in [-0.2, 0) is 14.3 Å². The van der Waals surface area contributed by atoms with Gasteiger partial charge >= 0.3 is 0 Å². The molecule has 2 amide bonds. The number of carbonyl (C=O) groups is 2. The van der Waals surface area contributed by atoms with Crippen LogP contribution in [0.5, 0.6) is 5.75 Å². The number of nitrogens with two attached hydrogens (primary N) is 1. The van der Waals surface area contributed by atoms with E-state index in [1.807, 2.05) is 48.7 Å². The Balaban J connectivity index is 1.78. The molecular formula is C24H30N4O4. The van der Waals surface area contributed by atoms with Gasteiger partial charge in [-0.25, -0.2) is 0 Å². The van der Waals surface area contributed by atoms with Crippen LogP contribution >= 0.6 is 0 Å². The third-order valence-electron chi connectivity index (χ3n) is 5.38. The second-order valence-electron chi connectivity index (χ2n) is 7.59. The molecule has 4 N–H and O–H groups in total. The average molecular weight is 439 g/mol. The third kappa shape index (κ3) is 6.09. The van der Waals surface area contributed by atoms with E-state index in [1.165, 1.54) is 0 Å². The lowest BCUT2D eigenvalue weighted by atomic mass is 9.90. The number of aromatic nitrogens is 1. The number of ether oxygens (including phenoxy) is 2. The normalized spacial score (nSPS) is 12.1. The van der Waals surface area contributed by atoms with Gasteiger partial charge in [0.1, 0.15) is 5.75 Å². The van der Waals surface area contributed by atoms with Gasteiger partial charge in [-0.2, -0.15) is 0 Å². The van der Waals surface area contributed by atoms with Crippen molar-refractivity contribution in [2.24, 2.45) is 5.73 Å². The molecule has 0 saturated carbocycles. The number of nitrogens with one attached hydrogen (secondary N) is 2. The molecule has 170 valence electrons. The number of amides is 2. The number of para-hydroxylation sites is 1. The molecule has 0 aliphatic rings. The molecule has 0 fully saturated rings. The first-order chi connectivity index (χ1) is 15.5. The van der Waals surface area contributed by atoms with Crippen molar-refractivity contribution in [2.75, 3.05) is 47.0 Å². The molecule has 0 aliphatic carbocycles. The van der Waals surface area contributed by atoms with Crippen molar-refractivity contribution in [3.63, 3.8) is 0 Å². The minimum atomic E-state index is -0.483. The number of methoxy groups -OCH3 is 2. The van der Waals surface area contributed by atoms with Gasteiger partial charge in [-0.3, -0.25) is 14.5 Å². The van der Waals surface area contributed by atoms with Gasteiger partial charge in [-0.15, -0.1) is 0 Å². The van der Waals surface area contributed by atoms with Gasteiger partial charge in [-0.05, 0) is 29.3 Å². The van der Waals surface area contributed by atoms with E-state index < -0.39 is 5.91 Å². The Morgan fingerprint density at radius 2 is 1.84 bits per heavy atom. The molecule has 0 radical (unpaired) electrons. The standard InChI is InChI=1S/C24H30N4O4/c1-31-12-11-28(15-23(25)29)16-24(30)27-13-20(17-7-9-18(32-2)10-8-17)21-14-26-22-6-4-3-5-19(21)22/h3-10,14,20,26H,11-13,15-16H2,1-2H3,(H2,25,29)(H,27,30). The van der Waals surface area contributed by atoms with Crippen LogP contribution in [0.1, 0.15) is 17.0 Å². The topological polar surface area (TPSA) is 110 Å². The number of H-pyrrole nitrogens is 1. The van der Waals surface area contributed by atoms with Gasteiger partial charge in [0.25, 0.3) is 0 Å². The van der Waals surface area contributed by atoms with Crippen molar-refractivity contribution in [2.45, 2.75) is 5.92 Å². The fourth-order valence-corrected chi connectivity index (χ4v) is 3.76. The number of hydrogen-bond donors (Lipinski definition) is 3. The van der Waals surface area contributed by atoms with Gasteiger partial charge in [0.15, 0.2) is 0 Å². The highest BCUT2D eigenvalue weighted by atomic mass is 16.5. The monoisotopic (exact) mass is 438 g/mol. The average Bonchev–Trinajstić information content (AvgIpc) is 3.21. The maximum atomic E-state index is 12.7. The largest absolute Gasteiger partial charge is 0.497 e. The summed E-state index contributed by atoms with van der Waals surface area (Å²) in [6.07, 6.45) is 1.99. The summed E-state index contributed by atoms with van der Waals surface area (Å²) in [5, 5.41) is 4.13. The highest BCUT2D eigenvalue weighted by Crippen LogP contribution is 2.31. The second kappa shape index (κ2) is 11.3. The van der Waals surface area contributed by atoms with Crippen LogP contribution in [0.25, 0.3) is 10.9 Å². The molecule has 0 spiro atoms. The number of nitrogens with zero attached hydrogens (tertiary/aromatic N) is 1.